The van der Waals surface area contributed by atoms with Gasteiger partial charge in [0.1, 0.15) is 28.2 Å². The van der Waals surface area contributed by atoms with E-state index < -0.39 is 57.8 Å². The maximum Gasteiger partial charge on any atom is 0.420 e. The number of alkyl halides is 6. The monoisotopic (exact) mass is 590 g/mol. The second-order valence-electron chi connectivity index (χ2n) is 10.0. The van der Waals surface area contributed by atoms with Crippen molar-refractivity contribution in [2.45, 2.75) is 68.5 Å². The van der Waals surface area contributed by atoms with Crippen LogP contribution in [0.1, 0.15) is 50.4 Å². The predicted molar refractivity (Wildman–Crippen MR) is 134 cm³/mol. The topological polar surface area (TPSA) is 99.5 Å². The number of benzene rings is 2. The van der Waals surface area contributed by atoms with Crippen molar-refractivity contribution in [2.75, 3.05) is 11.1 Å². The maximum absolute atomic E-state index is 13.5. The molecule has 0 radical (unpaired) electrons. The molecule has 0 aliphatic carbocycles. The van der Waals surface area contributed by atoms with Crippen molar-refractivity contribution in [2.24, 2.45) is 0 Å². The minimum atomic E-state index is -5.96. The number of carbonyl (C=O) groups excluding carboxylic acids is 2. The Bertz CT molecular complexity index is 1350. The fourth-order valence-electron chi connectivity index (χ4n) is 4.24. The molecule has 1 N–H and O–H groups in total. The van der Waals surface area contributed by atoms with Gasteiger partial charge in [-0.2, -0.15) is 31.6 Å². The molecule has 3 rings (SSSR count). The van der Waals surface area contributed by atoms with Crippen LogP contribution in [-0.4, -0.2) is 40.6 Å². The number of nitrogens with zero attached hydrogens (tertiary/aromatic N) is 2. The van der Waals surface area contributed by atoms with E-state index in [1.807, 2.05) is 0 Å². The Labute approximate surface area is 228 Å². The minimum Gasteiger partial charge on any atom is -0.444 e. The lowest BCUT2D eigenvalue weighted by molar-refractivity contribution is -0.283. The van der Waals surface area contributed by atoms with Crippen LogP contribution in [0.4, 0.5) is 36.8 Å². The summed E-state index contributed by atoms with van der Waals surface area (Å²) >= 11 is 0. The van der Waals surface area contributed by atoms with Crippen molar-refractivity contribution >= 4 is 28.5 Å². The average Bonchev–Trinajstić information content (AvgIpc) is 3.21. The standard InChI is InChI=1S/C26H25F6N3O4S/c1-5-40(38)18-10-11-19-15(12-18)13-35(22(37)39-23(2,3)4)20(19)21(36)34-17-8-6-16(7-9-17)24(14-33,25(27,28)29)26(30,31)32/h6-12,20H,5,13H2,1-4H3,(H,34,36)/p+1. The smallest absolute Gasteiger partial charge is 0.420 e. The molecule has 0 aromatic heterocycles. The third-order valence-electron chi connectivity index (χ3n) is 6.13. The number of nitriles is 1. The summed E-state index contributed by atoms with van der Waals surface area (Å²) in [7, 11) is -1.70. The van der Waals surface area contributed by atoms with Gasteiger partial charge in [-0.15, -0.1) is 4.21 Å². The van der Waals surface area contributed by atoms with Crippen LogP contribution >= 0.6 is 0 Å². The lowest BCUT2D eigenvalue weighted by atomic mass is 9.80. The van der Waals surface area contributed by atoms with Crippen LogP contribution in [0.2, 0.25) is 0 Å². The molecule has 0 fully saturated rings. The van der Waals surface area contributed by atoms with Crippen LogP contribution in [0.25, 0.3) is 0 Å². The van der Waals surface area contributed by atoms with Gasteiger partial charge in [0.25, 0.3) is 11.3 Å². The minimum absolute atomic E-state index is 0.0656. The molecule has 0 bridgehead atoms. The lowest BCUT2D eigenvalue weighted by Crippen LogP contribution is -2.52. The Kier molecular flexibility index (Phi) is 8.32. The first-order chi connectivity index (χ1) is 18.4. The highest BCUT2D eigenvalue weighted by Gasteiger charge is 2.72. The van der Waals surface area contributed by atoms with Gasteiger partial charge in [-0.3, -0.25) is 9.69 Å². The number of nitrogens with one attached hydrogen (secondary N) is 1. The van der Waals surface area contributed by atoms with Crippen LogP contribution in [0.5, 0.6) is 0 Å². The largest absolute Gasteiger partial charge is 0.444 e. The first-order valence-corrected chi connectivity index (χ1v) is 13.3. The molecule has 0 spiro atoms. The summed E-state index contributed by atoms with van der Waals surface area (Å²) in [5.74, 6) is -0.442. The quantitative estimate of drug-likeness (QED) is 0.259. The molecule has 0 saturated carbocycles. The van der Waals surface area contributed by atoms with E-state index in [-0.39, 0.29) is 12.2 Å². The number of hydrogen-bond acceptors (Lipinski definition) is 5. The molecule has 0 saturated heterocycles. The van der Waals surface area contributed by atoms with Crippen molar-refractivity contribution in [3.8, 4) is 6.07 Å². The molecule has 1 aliphatic heterocycles. The van der Waals surface area contributed by atoms with Gasteiger partial charge in [0.05, 0.1) is 12.6 Å². The zero-order valence-corrected chi connectivity index (χ0v) is 22.7. The van der Waals surface area contributed by atoms with E-state index in [1.54, 1.807) is 45.9 Å². The van der Waals surface area contributed by atoms with E-state index in [0.717, 1.165) is 17.0 Å². The third-order valence-corrected chi connectivity index (χ3v) is 7.56. The van der Waals surface area contributed by atoms with E-state index in [4.69, 9.17) is 10.00 Å². The molecule has 2 unspecified atom stereocenters. The van der Waals surface area contributed by atoms with Crippen LogP contribution in [0.3, 0.4) is 0 Å². The number of ether oxygens (including phenoxy) is 1. The summed E-state index contributed by atoms with van der Waals surface area (Å²) in [6.07, 6.45) is -12.8. The summed E-state index contributed by atoms with van der Waals surface area (Å²) in [6.45, 7) is 6.54. The Morgan fingerprint density at radius 2 is 1.62 bits per heavy atom. The van der Waals surface area contributed by atoms with Gasteiger partial charge in [-0.25, -0.2) is 4.79 Å². The summed E-state index contributed by atoms with van der Waals surface area (Å²) in [5.41, 5.74) is -6.30. The second-order valence-corrected chi connectivity index (χ2v) is 11.9. The molecule has 2 atom stereocenters. The molecular weight excluding hydrogens is 564 g/mol. The molecule has 1 aliphatic rings. The van der Waals surface area contributed by atoms with E-state index in [2.05, 4.69) is 5.32 Å². The molecule has 216 valence electrons. The Morgan fingerprint density at radius 3 is 2.10 bits per heavy atom. The van der Waals surface area contributed by atoms with E-state index in [9.17, 15) is 40.1 Å². The Hall–Kier alpha value is -3.60. The zero-order chi connectivity index (χ0) is 30.3. The highest BCUT2D eigenvalue weighted by atomic mass is 32.2. The van der Waals surface area contributed by atoms with Gasteiger partial charge in [0.15, 0.2) is 4.90 Å². The van der Waals surface area contributed by atoms with Crippen molar-refractivity contribution < 1.29 is 44.9 Å². The van der Waals surface area contributed by atoms with E-state index in [1.165, 1.54) is 0 Å². The summed E-state index contributed by atoms with van der Waals surface area (Å²) < 4.78 is 98.6. The van der Waals surface area contributed by atoms with Gasteiger partial charge in [0, 0.05) is 5.69 Å². The fraction of sp³-hybridized carbons (Fsp3) is 0.423. The molecule has 1 heterocycles. The number of anilines is 1. The first kappa shape index (κ1) is 30.9. The first-order valence-electron chi connectivity index (χ1n) is 11.9. The summed E-state index contributed by atoms with van der Waals surface area (Å²) in [6, 6.07) is 6.35. The van der Waals surface area contributed by atoms with Crippen molar-refractivity contribution in [3.05, 3.63) is 59.2 Å². The third kappa shape index (κ3) is 5.79. The second kappa shape index (κ2) is 10.8. The van der Waals surface area contributed by atoms with Gasteiger partial charge >= 0.3 is 18.4 Å². The molecule has 7 nitrogen and oxygen atoms in total. The lowest BCUT2D eigenvalue weighted by Gasteiger charge is -2.31. The zero-order valence-electron chi connectivity index (χ0n) is 21.8. The molecule has 40 heavy (non-hydrogen) atoms. The number of amides is 2. The number of fused-ring (bicyclic) bond motifs is 1. The van der Waals surface area contributed by atoms with Crippen LogP contribution in [0, 0.1) is 11.3 Å². The normalized spacial score (nSPS) is 16.6. The molecular formula is C26H26F6N3O4S+. The van der Waals surface area contributed by atoms with Crippen molar-refractivity contribution in [1.29, 1.82) is 5.26 Å². The highest BCUT2D eigenvalue weighted by Crippen LogP contribution is 2.51. The summed E-state index contributed by atoms with van der Waals surface area (Å²) in [5, 5.41) is 11.4. The average molecular weight is 591 g/mol. The fourth-order valence-corrected chi connectivity index (χ4v) is 5.15. The van der Waals surface area contributed by atoms with Gasteiger partial charge in [-0.1, -0.05) is 18.2 Å². The van der Waals surface area contributed by atoms with E-state index in [0.29, 0.717) is 40.0 Å². The summed E-state index contributed by atoms with van der Waals surface area (Å²) in [4.78, 5) is 28.0. The van der Waals surface area contributed by atoms with Crippen LogP contribution in [-0.2, 0) is 36.5 Å². The molecule has 14 heteroatoms. The number of rotatable bonds is 5. The number of hydrogen-bond donors (Lipinski definition) is 1. The van der Waals surface area contributed by atoms with Crippen molar-refractivity contribution in [3.63, 3.8) is 0 Å². The molecule has 2 aromatic rings. The van der Waals surface area contributed by atoms with Crippen LogP contribution < -0.4 is 5.32 Å². The SMILES string of the molecule is CC[SH+](=O)c1ccc2c(c1)CN(C(=O)OC(C)(C)C)C2C(=O)Nc1ccc(C(C#N)(C(F)(F)F)C(F)(F)F)cc1. The number of halogens is 6. The Morgan fingerprint density at radius 1 is 1.05 bits per heavy atom. The molecule has 2 aromatic carbocycles. The number of thiol groups is 1. The maximum atomic E-state index is 13.5. The molecule has 2 amide bonds. The Balaban J connectivity index is 1.97. The van der Waals surface area contributed by atoms with E-state index >= 15 is 0 Å². The van der Waals surface area contributed by atoms with Crippen LogP contribution in [0.15, 0.2) is 47.4 Å². The predicted octanol–water partition coefficient (Wildman–Crippen LogP) is 6.08. The van der Waals surface area contributed by atoms with Crippen molar-refractivity contribution in [1.82, 2.24) is 4.90 Å². The van der Waals surface area contributed by atoms with Gasteiger partial charge < -0.3 is 10.1 Å². The number of carbonyl (C=O) groups is 2. The van der Waals surface area contributed by atoms with Gasteiger partial charge in [0.2, 0.25) is 0 Å². The van der Waals surface area contributed by atoms with Gasteiger partial charge in [-0.05, 0) is 68.7 Å². The highest BCUT2D eigenvalue weighted by molar-refractivity contribution is 7.84.